The second-order valence-corrected chi connectivity index (χ2v) is 7.40. The van der Waals surface area contributed by atoms with Crippen LogP contribution < -0.4 is 0 Å². The molecule has 3 nitrogen and oxygen atoms in total. The zero-order valence-corrected chi connectivity index (χ0v) is 18.0. The third-order valence-electron chi connectivity index (χ3n) is 4.05. The Kier molecular flexibility index (Phi) is 13.7. The van der Waals surface area contributed by atoms with Crippen LogP contribution in [0.4, 0.5) is 0 Å². The van der Waals surface area contributed by atoms with Crippen LogP contribution in [-0.4, -0.2) is 13.0 Å². The Labute approximate surface area is 167 Å². The van der Waals surface area contributed by atoms with Gasteiger partial charge in [0.25, 0.3) is 10.1 Å². The van der Waals surface area contributed by atoms with Crippen molar-refractivity contribution in [3.8, 4) is 0 Å². The maximum absolute atomic E-state index is 11.3. The minimum atomic E-state index is -4.10. The van der Waals surface area contributed by atoms with Crippen molar-refractivity contribution in [3.05, 3.63) is 29.8 Å². The summed E-state index contributed by atoms with van der Waals surface area (Å²) in [6.45, 7) is 2.24. The van der Waals surface area contributed by atoms with Gasteiger partial charge in [-0.1, -0.05) is 82.9 Å². The van der Waals surface area contributed by atoms with Crippen molar-refractivity contribution >= 4 is 10.1 Å². The Morgan fingerprint density at radius 3 is 1.83 bits per heavy atom. The molecule has 0 heterocycles. The summed E-state index contributed by atoms with van der Waals surface area (Å²) < 4.78 is 31.8. The van der Waals surface area contributed by atoms with Gasteiger partial charge in [-0.3, -0.25) is 4.55 Å². The minimum absolute atomic E-state index is 0. The number of hydrogen-bond acceptors (Lipinski definition) is 2. The molecule has 5 heteroatoms. The SMILES string of the molecule is CCCCCCCCCCCCc1ccccc1S(=O)(=O)O.[Y]. The number of unbranched alkanes of at least 4 members (excludes halogenated alkanes) is 9. The second-order valence-electron chi connectivity index (χ2n) is 6.01. The van der Waals surface area contributed by atoms with Gasteiger partial charge in [-0.15, -0.1) is 0 Å². The normalized spacial score (nSPS) is 11.2. The van der Waals surface area contributed by atoms with E-state index in [1.807, 2.05) is 6.07 Å². The zero-order valence-electron chi connectivity index (χ0n) is 14.3. The van der Waals surface area contributed by atoms with E-state index in [0.29, 0.717) is 6.42 Å². The molecule has 0 unspecified atom stereocenters. The van der Waals surface area contributed by atoms with Gasteiger partial charge in [0.15, 0.2) is 0 Å². The van der Waals surface area contributed by atoms with E-state index in [9.17, 15) is 13.0 Å². The van der Waals surface area contributed by atoms with Crippen molar-refractivity contribution in [3.63, 3.8) is 0 Å². The number of aryl methyl sites for hydroxylation is 1. The van der Waals surface area contributed by atoms with Crippen LogP contribution in [0, 0.1) is 0 Å². The van der Waals surface area contributed by atoms with Gasteiger partial charge in [-0.25, -0.2) is 0 Å². The summed E-state index contributed by atoms with van der Waals surface area (Å²) in [5.74, 6) is 0. The molecule has 1 rings (SSSR count). The Hall–Kier alpha value is 0.234. The van der Waals surface area contributed by atoms with Crippen molar-refractivity contribution < 1.29 is 45.7 Å². The molecule has 0 aromatic heterocycles. The van der Waals surface area contributed by atoms with Gasteiger partial charge < -0.3 is 0 Å². The van der Waals surface area contributed by atoms with Gasteiger partial charge in [-0.05, 0) is 24.5 Å². The Balaban J connectivity index is 0.00000484. The maximum Gasteiger partial charge on any atom is 0.294 e. The Morgan fingerprint density at radius 2 is 1.30 bits per heavy atom. The average molecular weight is 415 g/mol. The fourth-order valence-electron chi connectivity index (χ4n) is 2.76. The number of benzene rings is 1. The van der Waals surface area contributed by atoms with E-state index in [2.05, 4.69) is 6.92 Å². The van der Waals surface area contributed by atoms with Gasteiger partial charge in [0, 0.05) is 32.7 Å². The van der Waals surface area contributed by atoms with Crippen LogP contribution in [0.5, 0.6) is 0 Å². The molecule has 1 radical (unpaired) electrons. The molecule has 1 aromatic carbocycles. The summed E-state index contributed by atoms with van der Waals surface area (Å²) in [7, 11) is -4.10. The summed E-state index contributed by atoms with van der Waals surface area (Å²) >= 11 is 0. The van der Waals surface area contributed by atoms with Crippen LogP contribution in [0.1, 0.15) is 76.7 Å². The molecular weight excluding hydrogens is 385 g/mol. The molecule has 0 aliphatic carbocycles. The first-order valence-corrected chi connectivity index (χ1v) is 10.0. The fourth-order valence-corrected chi connectivity index (χ4v) is 3.52. The van der Waals surface area contributed by atoms with Gasteiger partial charge in [0.1, 0.15) is 0 Å². The van der Waals surface area contributed by atoms with Crippen LogP contribution >= 0.6 is 0 Å². The Bertz CT molecular complexity index is 515. The topological polar surface area (TPSA) is 54.4 Å². The summed E-state index contributed by atoms with van der Waals surface area (Å²) in [6, 6.07) is 6.73. The summed E-state index contributed by atoms with van der Waals surface area (Å²) in [4.78, 5) is 0.0610. The fraction of sp³-hybridized carbons (Fsp3) is 0.667. The first-order valence-electron chi connectivity index (χ1n) is 8.61. The van der Waals surface area contributed by atoms with Crippen molar-refractivity contribution in [2.45, 2.75) is 82.4 Å². The van der Waals surface area contributed by atoms with Gasteiger partial charge in [-0.2, -0.15) is 8.42 Å². The molecule has 0 aliphatic rings. The van der Waals surface area contributed by atoms with Crippen molar-refractivity contribution in [1.29, 1.82) is 0 Å². The Morgan fingerprint density at radius 1 is 0.826 bits per heavy atom. The van der Waals surface area contributed by atoms with E-state index in [0.717, 1.165) is 18.4 Å². The monoisotopic (exact) mass is 415 g/mol. The predicted octanol–water partition coefficient (Wildman–Crippen LogP) is 5.39. The van der Waals surface area contributed by atoms with E-state index in [1.54, 1.807) is 12.1 Å². The van der Waals surface area contributed by atoms with E-state index >= 15 is 0 Å². The molecule has 23 heavy (non-hydrogen) atoms. The maximum atomic E-state index is 11.3. The largest absolute Gasteiger partial charge is 0.294 e. The summed E-state index contributed by atoms with van der Waals surface area (Å²) in [5, 5.41) is 0. The third kappa shape index (κ3) is 10.7. The molecular formula is C18H30O3SY. The second kappa shape index (κ2) is 13.5. The van der Waals surface area contributed by atoms with Crippen molar-refractivity contribution in [1.82, 2.24) is 0 Å². The van der Waals surface area contributed by atoms with Gasteiger partial charge >= 0.3 is 0 Å². The van der Waals surface area contributed by atoms with Crippen molar-refractivity contribution in [2.75, 3.05) is 0 Å². The van der Waals surface area contributed by atoms with Crippen LogP contribution in [0.25, 0.3) is 0 Å². The van der Waals surface area contributed by atoms with Crippen LogP contribution in [-0.2, 0) is 49.2 Å². The average Bonchev–Trinajstić information content (AvgIpc) is 2.48. The molecule has 0 aliphatic heterocycles. The van der Waals surface area contributed by atoms with Crippen LogP contribution in [0.3, 0.4) is 0 Å². The van der Waals surface area contributed by atoms with Gasteiger partial charge in [0.05, 0.1) is 4.90 Å². The molecule has 0 saturated heterocycles. The van der Waals surface area contributed by atoms with Crippen LogP contribution in [0.2, 0.25) is 0 Å². The molecule has 0 atom stereocenters. The molecule has 1 N–H and O–H groups in total. The first kappa shape index (κ1) is 23.2. The third-order valence-corrected chi connectivity index (χ3v) is 5.00. The molecule has 0 saturated carbocycles. The zero-order chi connectivity index (χ0) is 16.3. The molecule has 129 valence electrons. The molecule has 0 spiro atoms. The van der Waals surface area contributed by atoms with Crippen LogP contribution in [0.15, 0.2) is 29.2 Å². The summed E-state index contributed by atoms with van der Waals surface area (Å²) in [5.41, 5.74) is 0.726. The van der Waals surface area contributed by atoms with Crippen molar-refractivity contribution in [2.24, 2.45) is 0 Å². The molecule has 0 fully saturated rings. The first-order chi connectivity index (χ1) is 10.6. The predicted molar refractivity (Wildman–Crippen MR) is 91.8 cm³/mol. The molecule has 1 aromatic rings. The number of hydrogen-bond donors (Lipinski definition) is 1. The summed E-state index contributed by atoms with van der Waals surface area (Å²) in [6.07, 6.45) is 13.3. The van der Waals surface area contributed by atoms with Gasteiger partial charge in [0.2, 0.25) is 0 Å². The standard InChI is InChI=1S/C18H30O3S.Y/c1-2-3-4-5-6-7-8-9-10-11-14-17-15-12-13-16-18(17)22(19,20)21;/h12-13,15-16H,2-11,14H2,1H3,(H,19,20,21);. The smallest absolute Gasteiger partial charge is 0.282 e. The minimum Gasteiger partial charge on any atom is -0.282 e. The quantitative estimate of drug-likeness (QED) is 0.368. The molecule has 0 bridgehead atoms. The van der Waals surface area contributed by atoms with E-state index in [1.165, 1.54) is 57.4 Å². The number of rotatable bonds is 12. The molecule has 0 amide bonds. The van der Waals surface area contributed by atoms with E-state index in [-0.39, 0.29) is 37.6 Å². The van der Waals surface area contributed by atoms with E-state index < -0.39 is 10.1 Å². The van der Waals surface area contributed by atoms with E-state index in [4.69, 9.17) is 0 Å².